The fourth-order valence-electron chi connectivity index (χ4n) is 3.88. The number of aromatic nitrogens is 1. The van der Waals surface area contributed by atoms with Crippen molar-refractivity contribution in [2.75, 3.05) is 13.1 Å². The van der Waals surface area contributed by atoms with Crippen LogP contribution in [0.15, 0.2) is 67.0 Å². The van der Waals surface area contributed by atoms with Crippen molar-refractivity contribution in [3.05, 3.63) is 100 Å². The van der Waals surface area contributed by atoms with Crippen molar-refractivity contribution in [2.45, 2.75) is 18.6 Å². The maximum absolute atomic E-state index is 13.5. The zero-order valence-corrected chi connectivity index (χ0v) is 17.9. The molecular weight excluding hydrogens is 444 g/mol. The van der Waals surface area contributed by atoms with Crippen molar-refractivity contribution < 1.29 is 17.5 Å². The molecule has 0 saturated carbocycles. The molecule has 1 saturated heterocycles. The first-order chi connectivity index (χ1) is 14.9. The van der Waals surface area contributed by atoms with E-state index in [0.29, 0.717) is 23.7 Å². The Balaban J connectivity index is 1.53. The zero-order valence-electron chi connectivity index (χ0n) is 16.4. The minimum Gasteiger partial charge on any atom is -0.294 e. The van der Waals surface area contributed by atoms with Crippen LogP contribution in [0.4, 0.5) is 8.78 Å². The third-order valence-corrected chi connectivity index (χ3v) is 6.41. The molecule has 1 aliphatic rings. The van der Waals surface area contributed by atoms with Gasteiger partial charge in [0.15, 0.2) is 0 Å². The van der Waals surface area contributed by atoms with Crippen molar-refractivity contribution in [2.24, 2.45) is 0 Å². The van der Waals surface area contributed by atoms with Crippen molar-refractivity contribution in [3.63, 3.8) is 0 Å². The highest BCUT2D eigenvalue weighted by Gasteiger charge is 2.39. The van der Waals surface area contributed by atoms with Gasteiger partial charge in [-0.15, -0.1) is 0 Å². The maximum Gasteiger partial charge on any atom is 0.235 e. The maximum atomic E-state index is 13.5. The number of likely N-dealkylation sites (tertiary alicyclic amines) is 1. The Morgan fingerprint density at radius 2 is 1.65 bits per heavy atom. The van der Waals surface area contributed by atoms with Crippen LogP contribution in [0.2, 0.25) is 5.02 Å². The Labute approximate surface area is 186 Å². The van der Waals surface area contributed by atoms with Gasteiger partial charge in [0.25, 0.3) is 0 Å². The summed E-state index contributed by atoms with van der Waals surface area (Å²) >= 11 is 3.76. The largest absolute Gasteiger partial charge is 0.294 e. The van der Waals surface area contributed by atoms with Gasteiger partial charge in [0, 0.05) is 43.1 Å². The van der Waals surface area contributed by atoms with Crippen LogP contribution in [0.5, 0.6) is 0 Å². The summed E-state index contributed by atoms with van der Waals surface area (Å²) in [6.45, 7) is 0.997. The van der Waals surface area contributed by atoms with Crippen molar-refractivity contribution in [1.82, 2.24) is 14.2 Å². The standard InChI is InChI=1S/C22H20ClF2N3O2S/c23-18-3-1-16(2-4-18)22(17-5-7-26-8-6-17)27-13-21(14-27)28(31(29)30)12-15-9-19(24)11-20(25)10-15/h1-11,21-22H,12-14H2,(H,29,30). The fourth-order valence-corrected chi connectivity index (χ4v) is 4.65. The first-order valence-corrected chi connectivity index (χ1v) is 11.1. The summed E-state index contributed by atoms with van der Waals surface area (Å²) in [4.78, 5) is 6.26. The summed E-state index contributed by atoms with van der Waals surface area (Å²) < 4.78 is 50.2. The van der Waals surface area contributed by atoms with Gasteiger partial charge in [0.05, 0.1) is 12.1 Å². The van der Waals surface area contributed by atoms with Gasteiger partial charge in [-0.05, 0) is 53.1 Å². The fraction of sp³-hybridized carbons (Fsp3) is 0.227. The number of hydrogen-bond donors (Lipinski definition) is 1. The summed E-state index contributed by atoms with van der Waals surface area (Å²) in [5.41, 5.74) is 2.39. The Kier molecular flexibility index (Phi) is 6.74. The average Bonchev–Trinajstić information content (AvgIpc) is 2.70. The van der Waals surface area contributed by atoms with Gasteiger partial charge in [0.1, 0.15) is 11.6 Å². The Hall–Kier alpha value is -2.23. The van der Waals surface area contributed by atoms with E-state index in [1.807, 2.05) is 36.4 Å². The first-order valence-electron chi connectivity index (χ1n) is 9.63. The van der Waals surface area contributed by atoms with Crippen molar-refractivity contribution in [1.29, 1.82) is 0 Å². The van der Waals surface area contributed by atoms with Gasteiger partial charge in [-0.3, -0.25) is 14.4 Å². The van der Waals surface area contributed by atoms with E-state index in [4.69, 9.17) is 11.6 Å². The molecule has 0 spiro atoms. The summed E-state index contributed by atoms with van der Waals surface area (Å²) in [6, 6.07) is 14.3. The second kappa shape index (κ2) is 9.50. The molecule has 0 bridgehead atoms. The highest BCUT2D eigenvalue weighted by molar-refractivity contribution is 7.76. The Bertz CT molecular complexity index is 1050. The molecule has 2 unspecified atom stereocenters. The monoisotopic (exact) mass is 463 g/mol. The van der Waals surface area contributed by atoms with E-state index in [-0.39, 0.29) is 18.6 Å². The van der Waals surface area contributed by atoms with Crippen molar-refractivity contribution >= 4 is 22.9 Å². The molecule has 2 heterocycles. The molecule has 3 aromatic rings. The lowest BCUT2D eigenvalue weighted by molar-refractivity contribution is 0.0497. The molecule has 4 rings (SSSR count). The van der Waals surface area contributed by atoms with Crippen LogP contribution in [-0.2, 0) is 17.8 Å². The van der Waals surface area contributed by atoms with Crippen LogP contribution in [0.25, 0.3) is 0 Å². The molecule has 1 aliphatic heterocycles. The molecule has 5 nitrogen and oxygen atoms in total. The minimum absolute atomic E-state index is 0.0306. The topological polar surface area (TPSA) is 56.7 Å². The second-order valence-electron chi connectivity index (χ2n) is 7.43. The third kappa shape index (κ3) is 5.16. The molecule has 0 radical (unpaired) electrons. The van der Waals surface area contributed by atoms with Gasteiger partial charge in [-0.25, -0.2) is 13.0 Å². The van der Waals surface area contributed by atoms with E-state index in [1.165, 1.54) is 16.4 Å². The highest BCUT2D eigenvalue weighted by Crippen LogP contribution is 2.34. The lowest BCUT2D eigenvalue weighted by Crippen LogP contribution is -2.60. The minimum atomic E-state index is -2.28. The molecule has 2 atom stereocenters. The van der Waals surface area contributed by atoms with Gasteiger partial charge in [-0.1, -0.05) is 23.7 Å². The number of pyridine rings is 1. The first kappa shape index (κ1) is 22.0. The molecule has 0 amide bonds. The molecule has 9 heteroatoms. The molecule has 2 aromatic carbocycles. The smallest absolute Gasteiger partial charge is 0.235 e. The van der Waals surface area contributed by atoms with E-state index in [1.54, 1.807) is 12.4 Å². The van der Waals surface area contributed by atoms with Crippen LogP contribution in [-0.4, -0.2) is 42.1 Å². The molecule has 0 aliphatic carbocycles. The predicted molar refractivity (Wildman–Crippen MR) is 116 cm³/mol. The number of benzene rings is 2. The molecule has 1 N–H and O–H groups in total. The molecule has 162 valence electrons. The van der Waals surface area contributed by atoms with Crippen LogP contribution < -0.4 is 0 Å². The second-order valence-corrected chi connectivity index (χ2v) is 8.79. The summed E-state index contributed by atoms with van der Waals surface area (Å²) in [5, 5.41) is 0.642. The summed E-state index contributed by atoms with van der Waals surface area (Å²) in [6.07, 6.45) is 3.45. The third-order valence-electron chi connectivity index (χ3n) is 5.33. The van der Waals surface area contributed by atoms with E-state index in [2.05, 4.69) is 9.88 Å². The lowest BCUT2D eigenvalue weighted by atomic mass is 9.93. The van der Waals surface area contributed by atoms with Gasteiger partial charge >= 0.3 is 0 Å². The number of nitrogens with zero attached hydrogens (tertiary/aromatic N) is 3. The van der Waals surface area contributed by atoms with E-state index < -0.39 is 22.9 Å². The quantitative estimate of drug-likeness (QED) is 0.527. The number of hydrogen-bond acceptors (Lipinski definition) is 3. The predicted octanol–water partition coefficient (Wildman–Crippen LogP) is 4.43. The molecule has 1 aromatic heterocycles. The SMILES string of the molecule is O=S(O)N(Cc1cc(F)cc(F)c1)C1CN(C(c2ccncc2)c2ccc(Cl)cc2)C1. The van der Waals surface area contributed by atoms with Crippen LogP contribution in [0.1, 0.15) is 22.7 Å². The average molecular weight is 464 g/mol. The van der Waals surface area contributed by atoms with Gasteiger partial charge < -0.3 is 0 Å². The molecule has 31 heavy (non-hydrogen) atoms. The Morgan fingerprint density at radius 3 is 2.23 bits per heavy atom. The number of rotatable bonds is 7. The summed E-state index contributed by atoms with van der Waals surface area (Å²) in [5.74, 6) is -1.43. The van der Waals surface area contributed by atoms with Gasteiger partial charge in [0.2, 0.25) is 11.3 Å². The van der Waals surface area contributed by atoms with E-state index in [9.17, 15) is 17.5 Å². The number of halogens is 3. The van der Waals surface area contributed by atoms with Crippen LogP contribution in [0.3, 0.4) is 0 Å². The summed E-state index contributed by atoms with van der Waals surface area (Å²) in [7, 11) is 0. The molecular formula is C22H20ClF2N3O2S. The highest BCUT2D eigenvalue weighted by atomic mass is 35.5. The van der Waals surface area contributed by atoms with Crippen LogP contribution in [0, 0.1) is 11.6 Å². The lowest BCUT2D eigenvalue weighted by Gasteiger charge is -2.47. The van der Waals surface area contributed by atoms with Crippen LogP contribution >= 0.6 is 11.6 Å². The normalized spacial score (nSPS) is 16.8. The Morgan fingerprint density at radius 1 is 1.06 bits per heavy atom. The molecule has 1 fully saturated rings. The van der Waals surface area contributed by atoms with E-state index in [0.717, 1.165) is 17.2 Å². The van der Waals surface area contributed by atoms with Gasteiger partial charge in [-0.2, -0.15) is 4.31 Å². The zero-order chi connectivity index (χ0) is 22.0. The van der Waals surface area contributed by atoms with Crippen molar-refractivity contribution in [3.8, 4) is 0 Å². The van der Waals surface area contributed by atoms with E-state index >= 15 is 0 Å².